The van der Waals surface area contributed by atoms with E-state index in [2.05, 4.69) is 15.9 Å². The summed E-state index contributed by atoms with van der Waals surface area (Å²) in [4.78, 5) is 0. The monoisotopic (exact) mass is 337 g/mol. The Hall–Kier alpha value is -0.750. The zero-order valence-corrected chi connectivity index (χ0v) is 11.8. The molecule has 0 radical (unpaired) electrons. The summed E-state index contributed by atoms with van der Waals surface area (Å²) < 4.78 is 44.7. The minimum Gasteiger partial charge on any atom is -0.490 e. The molecule has 1 aromatic rings. The first-order valence-electron chi connectivity index (χ1n) is 6.15. The van der Waals surface area contributed by atoms with E-state index in [0.29, 0.717) is 17.3 Å². The first-order valence-corrected chi connectivity index (χ1v) is 6.94. The van der Waals surface area contributed by atoms with Crippen LogP contribution in [0, 0.1) is 0 Å². The van der Waals surface area contributed by atoms with Gasteiger partial charge in [0.2, 0.25) is 0 Å². The molecule has 0 heterocycles. The molecule has 19 heavy (non-hydrogen) atoms. The lowest BCUT2D eigenvalue weighted by Gasteiger charge is -2.27. The van der Waals surface area contributed by atoms with Gasteiger partial charge in [0, 0.05) is 10.5 Å². The second-order valence-electron chi connectivity index (χ2n) is 4.79. The molecule has 1 aliphatic rings. The van der Waals surface area contributed by atoms with Crippen LogP contribution in [0.5, 0.6) is 5.75 Å². The van der Waals surface area contributed by atoms with Gasteiger partial charge in [-0.15, -0.1) is 0 Å². The lowest BCUT2D eigenvalue weighted by atomic mass is 9.93. The third-order valence-corrected chi connectivity index (χ3v) is 3.75. The standard InChI is InChI=1S/C13H15BrF3NO/c14-8-1-6-12(11(7-8)13(15,16)17)19-10-4-2-9(18)3-5-10/h1,6-7,9-10H,2-5,18H2. The molecule has 106 valence electrons. The second-order valence-corrected chi connectivity index (χ2v) is 5.71. The molecule has 1 fully saturated rings. The summed E-state index contributed by atoms with van der Waals surface area (Å²) in [6.45, 7) is 0. The number of ether oxygens (including phenoxy) is 1. The Morgan fingerprint density at radius 2 is 1.79 bits per heavy atom. The molecule has 1 aromatic carbocycles. The van der Waals surface area contributed by atoms with E-state index in [1.807, 2.05) is 0 Å². The van der Waals surface area contributed by atoms with E-state index in [1.165, 1.54) is 6.07 Å². The normalized spacial score (nSPS) is 24.3. The third-order valence-electron chi connectivity index (χ3n) is 3.26. The van der Waals surface area contributed by atoms with E-state index >= 15 is 0 Å². The van der Waals surface area contributed by atoms with Gasteiger partial charge in [-0.1, -0.05) is 15.9 Å². The van der Waals surface area contributed by atoms with E-state index in [0.717, 1.165) is 18.9 Å². The molecule has 1 aliphatic carbocycles. The van der Waals surface area contributed by atoms with E-state index < -0.39 is 11.7 Å². The Morgan fingerprint density at radius 3 is 2.37 bits per heavy atom. The number of rotatable bonds is 2. The van der Waals surface area contributed by atoms with Crippen molar-refractivity contribution in [1.82, 2.24) is 0 Å². The molecule has 2 rings (SSSR count). The van der Waals surface area contributed by atoms with Gasteiger partial charge in [0.25, 0.3) is 0 Å². The molecular formula is C13H15BrF3NO. The van der Waals surface area contributed by atoms with Gasteiger partial charge in [0.1, 0.15) is 5.75 Å². The third kappa shape index (κ3) is 3.86. The highest BCUT2D eigenvalue weighted by Gasteiger charge is 2.35. The van der Waals surface area contributed by atoms with Crippen LogP contribution in [0.15, 0.2) is 22.7 Å². The SMILES string of the molecule is NC1CCC(Oc2ccc(Br)cc2C(F)(F)F)CC1. The molecule has 0 amide bonds. The number of benzene rings is 1. The van der Waals surface area contributed by atoms with Crippen LogP contribution in [0.2, 0.25) is 0 Å². The summed E-state index contributed by atoms with van der Waals surface area (Å²) in [6, 6.07) is 4.11. The average Bonchev–Trinajstić information content (AvgIpc) is 2.33. The van der Waals surface area contributed by atoms with Crippen molar-refractivity contribution in [3.63, 3.8) is 0 Å². The van der Waals surface area contributed by atoms with Crippen LogP contribution in [0.1, 0.15) is 31.2 Å². The Morgan fingerprint density at radius 1 is 1.16 bits per heavy atom. The molecule has 0 aromatic heterocycles. The number of nitrogens with two attached hydrogens (primary N) is 1. The molecule has 2 nitrogen and oxygen atoms in total. The van der Waals surface area contributed by atoms with Gasteiger partial charge in [-0.25, -0.2) is 0 Å². The van der Waals surface area contributed by atoms with Crippen LogP contribution >= 0.6 is 15.9 Å². The van der Waals surface area contributed by atoms with E-state index in [4.69, 9.17) is 10.5 Å². The number of hydrogen-bond acceptors (Lipinski definition) is 2. The highest BCUT2D eigenvalue weighted by Crippen LogP contribution is 2.39. The van der Waals surface area contributed by atoms with Gasteiger partial charge in [0.05, 0.1) is 11.7 Å². The van der Waals surface area contributed by atoms with Crippen molar-refractivity contribution < 1.29 is 17.9 Å². The molecule has 6 heteroatoms. The topological polar surface area (TPSA) is 35.2 Å². The van der Waals surface area contributed by atoms with Gasteiger partial charge >= 0.3 is 6.18 Å². The summed E-state index contributed by atoms with van der Waals surface area (Å²) in [6.07, 6.45) is -1.60. The highest BCUT2D eigenvalue weighted by atomic mass is 79.9. The maximum Gasteiger partial charge on any atom is 0.420 e. The summed E-state index contributed by atoms with van der Waals surface area (Å²) in [5.74, 6) is -0.101. The van der Waals surface area contributed by atoms with Gasteiger partial charge in [-0.3, -0.25) is 0 Å². The first kappa shape index (κ1) is 14.7. The van der Waals surface area contributed by atoms with Gasteiger partial charge in [-0.2, -0.15) is 13.2 Å². The number of alkyl halides is 3. The van der Waals surface area contributed by atoms with Gasteiger partial charge in [-0.05, 0) is 43.9 Å². The van der Waals surface area contributed by atoms with Crippen LogP contribution < -0.4 is 10.5 Å². The predicted molar refractivity (Wildman–Crippen MR) is 70.0 cm³/mol. The lowest BCUT2D eigenvalue weighted by molar-refractivity contribution is -0.139. The fourth-order valence-corrected chi connectivity index (χ4v) is 2.57. The van der Waals surface area contributed by atoms with Crippen molar-refractivity contribution in [2.75, 3.05) is 0 Å². The minimum absolute atomic E-state index is 0.101. The van der Waals surface area contributed by atoms with Gasteiger partial charge in [0.15, 0.2) is 0 Å². The molecule has 1 saturated carbocycles. The Balaban J connectivity index is 2.16. The largest absolute Gasteiger partial charge is 0.490 e. The second kappa shape index (κ2) is 5.71. The van der Waals surface area contributed by atoms with Crippen LogP contribution in [-0.2, 0) is 6.18 Å². The van der Waals surface area contributed by atoms with Crippen molar-refractivity contribution >= 4 is 15.9 Å². The molecule has 0 aliphatic heterocycles. The Labute approximate surface area is 118 Å². The number of hydrogen-bond donors (Lipinski definition) is 1. The highest BCUT2D eigenvalue weighted by molar-refractivity contribution is 9.10. The van der Waals surface area contributed by atoms with Crippen molar-refractivity contribution in [2.24, 2.45) is 5.73 Å². The first-order chi connectivity index (χ1) is 8.86. The van der Waals surface area contributed by atoms with E-state index in [1.54, 1.807) is 6.07 Å². The molecule has 0 atom stereocenters. The fraction of sp³-hybridized carbons (Fsp3) is 0.538. The Bertz CT molecular complexity index is 442. The molecule has 0 bridgehead atoms. The van der Waals surface area contributed by atoms with Crippen molar-refractivity contribution in [3.8, 4) is 5.75 Å². The summed E-state index contributed by atoms with van der Waals surface area (Å²) in [5.41, 5.74) is 5.03. The summed E-state index contributed by atoms with van der Waals surface area (Å²) in [5, 5.41) is 0. The maximum absolute atomic E-state index is 12.9. The smallest absolute Gasteiger partial charge is 0.420 e. The molecule has 0 spiro atoms. The fourth-order valence-electron chi connectivity index (χ4n) is 2.21. The molecule has 0 saturated heterocycles. The Kier molecular flexibility index (Phi) is 4.40. The summed E-state index contributed by atoms with van der Waals surface area (Å²) in [7, 11) is 0. The quantitative estimate of drug-likeness (QED) is 0.881. The molecule has 2 N–H and O–H groups in total. The summed E-state index contributed by atoms with van der Waals surface area (Å²) >= 11 is 3.05. The lowest BCUT2D eigenvalue weighted by Crippen LogP contribution is -2.32. The van der Waals surface area contributed by atoms with Crippen LogP contribution in [0.3, 0.4) is 0 Å². The minimum atomic E-state index is -4.41. The maximum atomic E-state index is 12.9. The van der Waals surface area contributed by atoms with Crippen LogP contribution in [-0.4, -0.2) is 12.1 Å². The molecular weight excluding hydrogens is 323 g/mol. The van der Waals surface area contributed by atoms with Crippen LogP contribution in [0.4, 0.5) is 13.2 Å². The zero-order valence-electron chi connectivity index (χ0n) is 10.2. The predicted octanol–water partition coefficient (Wildman–Crippen LogP) is 4.12. The van der Waals surface area contributed by atoms with Crippen LogP contribution in [0.25, 0.3) is 0 Å². The van der Waals surface area contributed by atoms with E-state index in [9.17, 15) is 13.2 Å². The van der Waals surface area contributed by atoms with Crippen molar-refractivity contribution in [2.45, 2.75) is 44.0 Å². The van der Waals surface area contributed by atoms with Crippen molar-refractivity contribution in [3.05, 3.63) is 28.2 Å². The van der Waals surface area contributed by atoms with Crippen molar-refractivity contribution in [1.29, 1.82) is 0 Å². The van der Waals surface area contributed by atoms with Gasteiger partial charge < -0.3 is 10.5 Å². The average molecular weight is 338 g/mol. The molecule has 0 unspecified atom stereocenters. The van der Waals surface area contributed by atoms with E-state index in [-0.39, 0.29) is 17.9 Å². The zero-order chi connectivity index (χ0) is 14.0. The number of halogens is 4.